The zero-order chi connectivity index (χ0) is 20.1. The molecule has 5 nitrogen and oxygen atoms in total. The molecule has 0 aliphatic heterocycles. The lowest BCUT2D eigenvalue weighted by Gasteiger charge is -2.22. The predicted molar refractivity (Wildman–Crippen MR) is 106 cm³/mol. The van der Waals surface area contributed by atoms with Gasteiger partial charge in [0.1, 0.15) is 5.76 Å². The van der Waals surface area contributed by atoms with Gasteiger partial charge in [-0.3, -0.25) is 0 Å². The molecule has 2 aromatic heterocycles. The molecule has 2 heterocycles. The van der Waals surface area contributed by atoms with Gasteiger partial charge in [0.05, 0.1) is 17.6 Å². The van der Waals surface area contributed by atoms with Crippen LogP contribution in [0.15, 0.2) is 35.0 Å². The average Bonchev–Trinajstić information content (AvgIpc) is 3.41. The lowest BCUT2D eigenvalue weighted by atomic mass is 10.0. The molecular formula is C22H21FN4O. The van der Waals surface area contributed by atoms with Crippen molar-refractivity contribution in [1.29, 1.82) is 0 Å². The van der Waals surface area contributed by atoms with Gasteiger partial charge in [0.25, 0.3) is 5.54 Å². The quantitative estimate of drug-likeness (QED) is 0.566. The third-order valence-corrected chi connectivity index (χ3v) is 5.48. The highest BCUT2D eigenvalue weighted by atomic mass is 19.1. The number of hydrogen-bond donors (Lipinski definition) is 0. The first-order valence-corrected chi connectivity index (χ1v) is 9.18. The van der Waals surface area contributed by atoms with Crippen molar-refractivity contribution in [3.8, 4) is 11.1 Å². The number of aryl methyl sites for hydroxylation is 3. The van der Waals surface area contributed by atoms with Crippen LogP contribution in [0.25, 0.3) is 16.0 Å². The van der Waals surface area contributed by atoms with Crippen LogP contribution in [0.2, 0.25) is 0 Å². The molecule has 6 heteroatoms. The van der Waals surface area contributed by atoms with Crippen LogP contribution >= 0.6 is 0 Å². The average molecular weight is 376 g/mol. The molecule has 1 aliphatic rings. The van der Waals surface area contributed by atoms with Gasteiger partial charge in [0, 0.05) is 37.2 Å². The molecule has 0 radical (unpaired) electrons. The van der Waals surface area contributed by atoms with E-state index in [1.165, 1.54) is 6.07 Å². The molecule has 1 aliphatic carbocycles. The van der Waals surface area contributed by atoms with Crippen molar-refractivity contribution >= 4 is 11.4 Å². The molecule has 1 saturated carbocycles. The fourth-order valence-electron chi connectivity index (χ4n) is 3.63. The van der Waals surface area contributed by atoms with Crippen molar-refractivity contribution in [2.75, 3.05) is 11.9 Å². The Balaban J connectivity index is 1.73. The van der Waals surface area contributed by atoms with Gasteiger partial charge in [-0.15, -0.1) is 0 Å². The number of anilines is 2. The fourth-order valence-corrected chi connectivity index (χ4v) is 3.63. The van der Waals surface area contributed by atoms with Crippen LogP contribution in [-0.2, 0) is 5.54 Å². The Kier molecular flexibility index (Phi) is 4.19. The van der Waals surface area contributed by atoms with E-state index in [0.29, 0.717) is 18.5 Å². The lowest BCUT2D eigenvalue weighted by Crippen LogP contribution is -2.14. The summed E-state index contributed by atoms with van der Waals surface area (Å²) in [5, 5.41) is 4.03. The summed E-state index contributed by atoms with van der Waals surface area (Å²) < 4.78 is 20.0. The minimum Gasteiger partial charge on any atom is -0.361 e. The second-order valence-electron chi connectivity index (χ2n) is 7.43. The number of hydrogen-bond acceptors (Lipinski definition) is 4. The molecule has 0 atom stereocenters. The van der Waals surface area contributed by atoms with Crippen LogP contribution in [0.5, 0.6) is 0 Å². The first-order chi connectivity index (χ1) is 13.4. The Labute approximate surface area is 163 Å². The van der Waals surface area contributed by atoms with E-state index >= 15 is 0 Å². The van der Waals surface area contributed by atoms with E-state index < -0.39 is 11.4 Å². The molecule has 28 heavy (non-hydrogen) atoms. The number of rotatable bonds is 4. The van der Waals surface area contributed by atoms with E-state index in [4.69, 9.17) is 11.1 Å². The minimum absolute atomic E-state index is 0.265. The summed E-state index contributed by atoms with van der Waals surface area (Å²) in [6, 6.07) is 7.59. The highest BCUT2D eigenvalue weighted by molar-refractivity contribution is 5.76. The van der Waals surface area contributed by atoms with E-state index in [1.807, 2.05) is 44.9 Å². The van der Waals surface area contributed by atoms with Crippen molar-refractivity contribution in [2.24, 2.45) is 0 Å². The normalized spacial score (nSPS) is 14.6. The number of halogens is 1. The van der Waals surface area contributed by atoms with Crippen LogP contribution in [0.3, 0.4) is 0 Å². The van der Waals surface area contributed by atoms with E-state index in [2.05, 4.69) is 21.1 Å². The van der Waals surface area contributed by atoms with Crippen molar-refractivity contribution in [3.05, 3.63) is 70.4 Å². The summed E-state index contributed by atoms with van der Waals surface area (Å²) in [5.74, 6) is 0.346. The number of pyridine rings is 1. The molecule has 0 N–H and O–H groups in total. The maximum atomic E-state index is 14.7. The summed E-state index contributed by atoms with van der Waals surface area (Å²) in [4.78, 5) is 9.80. The molecule has 3 aromatic rings. The Hall–Kier alpha value is -3.20. The third-order valence-electron chi connectivity index (χ3n) is 5.48. The van der Waals surface area contributed by atoms with Crippen molar-refractivity contribution in [2.45, 2.75) is 39.2 Å². The van der Waals surface area contributed by atoms with Crippen LogP contribution in [0, 0.1) is 33.2 Å². The highest BCUT2D eigenvalue weighted by Gasteiger charge is 2.55. The minimum atomic E-state index is -0.750. The zero-order valence-electron chi connectivity index (χ0n) is 16.4. The largest absolute Gasteiger partial charge is 0.361 e. The molecule has 4 rings (SSSR count). The summed E-state index contributed by atoms with van der Waals surface area (Å²) >= 11 is 0. The van der Waals surface area contributed by atoms with Crippen LogP contribution in [-0.4, -0.2) is 17.2 Å². The third kappa shape index (κ3) is 2.84. The van der Waals surface area contributed by atoms with Crippen LogP contribution < -0.4 is 4.90 Å². The standard InChI is InChI=1S/C22H21FN4O/c1-13-6-7-16(20-14(2)26-28-15(20)3)10-19(13)27(5)17-11-18(23)21(25-12-17)22(24-4)8-9-22/h6-7,10-12H,8-9H2,1-3,5H3. The van der Waals surface area contributed by atoms with Gasteiger partial charge in [-0.25, -0.2) is 15.9 Å². The van der Waals surface area contributed by atoms with Gasteiger partial charge >= 0.3 is 0 Å². The molecular weight excluding hydrogens is 355 g/mol. The van der Waals surface area contributed by atoms with Crippen molar-refractivity contribution < 1.29 is 8.91 Å². The number of nitrogens with zero attached hydrogens (tertiary/aromatic N) is 4. The molecule has 0 saturated heterocycles. The van der Waals surface area contributed by atoms with Crippen molar-refractivity contribution in [3.63, 3.8) is 0 Å². The summed E-state index contributed by atoms with van der Waals surface area (Å²) in [7, 11) is 1.89. The first kappa shape index (κ1) is 18.2. The Morgan fingerprint density at radius 2 is 1.96 bits per heavy atom. The smallest absolute Gasteiger partial charge is 0.277 e. The van der Waals surface area contributed by atoms with Crippen LogP contribution in [0.1, 0.15) is 35.6 Å². The first-order valence-electron chi connectivity index (χ1n) is 9.18. The van der Waals surface area contributed by atoms with Gasteiger partial charge in [0.15, 0.2) is 11.5 Å². The second kappa shape index (κ2) is 6.45. The molecule has 0 amide bonds. The molecule has 0 bridgehead atoms. The SMILES string of the molecule is [C-]#[N+]C1(c2ncc(N(C)c3cc(-c4c(C)noc4C)ccc3C)cc2F)CC1. The maximum absolute atomic E-state index is 14.7. The van der Waals surface area contributed by atoms with Crippen molar-refractivity contribution in [1.82, 2.24) is 10.1 Å². The molecule has 142 valence electrons. The van der Waals surface area contributed by atoms with Gasteiger partial charge < -0.3 is 14.3 Å². The highest BCUT2D eigenvalue weighted by Crippen LogP contribution is 2.50. The summed E-state index contributed by atoms with van der Waals surface area (Å²) in [5.41, 5.74) is 4.96. The Morgan fingerprint density at radius 1 is 1.21 bits per heavy atom. The van der Waals surface area contributed by atoms with Gasteiger partial charge in [-0.2, -0.15) is 0 Å². The second-order valence-corrected chi connectivity index (χ2v) is 7.43. The molecule has 1 fully saturated rings. The number of aromatic nitrogens is 2. The van der Waals surface area contributed by atoms with Gasteiger partial charge in [-0.05, 0) is 38.0 Å². The van der Waals surface area contributed by atoms with E-state index in [1.54, 1.807) is 6.20 Å². The van der Waals surface area contributed by atoms with Crippen LogP contribution in [0.4, 0.5) is 15.8 Å². The van der Waals surface area contributed by atoms with E-state index in [-0.39, 0.29) is 5.69 Å². The lowest BCUT2D eigenvalue weighted by molar-refractivity contribution is 0.393. The molecule has 0 spiro atoms. The Bertz CT molecular complexity index is 1090. The zero-order valence-corrected chi connectivity index (χ0v) is 16.4. The van der Waals surface area contributed by atoms with E-state index in [9.17, 15) is 4.39 Å². The maximum Gasteiger partial charge on any atom is 0.277 e. The Morgan fingerprint density at radius 3 is 2.54 bits per heavy atom. The van der Waals surface area contributed by atoms with Gasteiger partial charge in [-0.1, -0.05) is 17.3 Å². The predicted octanol–water partition coefficient (Wildman–Crippen LogP) is 5.48. The summed E-state index contributed by atoms with van der Waals surface area (Å²) in [6.07, 6.45) is 2.99. The fraction of sp³-hybridized carbons (Fsp3) is 0.318. The summed E-state index contributed by atoms with van der Waals surface area (Å²) in [6.45, 7) is 13.1. The molecule has 1 aromatic carbocycles. The molecule has 0 unspecified atom stereocenters. The monoisotopic (exact) mass is 376 g/mol. The number of benzene rings is 1. The van der Waals surface area contributed by atoms with Gasteiger partial charge in [0.2, 0.25) is 0 Å². The van der Waals surface area contributed by atoms with E-state index in [0.717, 1.165) is 33.8 Å². The topological polar surface area (TPSA) is 46.5 Å².